The number of imidazole rings is 1. The molecule has 0 saturated heterocycles. The van der Waals surface area contributed by atoms with Gasteiger partial charge < -0.3 is 9.47 Å². The van der Waals surface area contributed by atoms with Gasteiger partial charge in [-0.15, -0.1) is 11.6 Å². The van der Waals surface area contributed by atoms with Crippen LogP contribution in [0.15, 0.2) is 30.5 Å². The summed E-state index contributed by atoms with van der Waals surface area (Å²) in [6.45, 7) is 10.5. The van der Waals surface area contributed by atoms with Crippen LogP contribution in [0.1, 0.15) is 53.5 Å². The lowest BCUT2D eigenvalue weighted by Gasteiger charge is -2.22. The van der Waals surface area contributed by atoms with Crippen LogP contribution in [0.3, 0.4) is 0 Å². The Morgan fingerprint density at radius 1 is 1.06 bits per heavy atom. The number of amides is 1. The number of anilines is 1. The van der Waals surface area contributed by atoms with Crippen molar-refractivity contribution in [1.29, 1.82) is 0 Å². The fraction of sp³-hybridized carbons (Fsp3) is 0.435. The summed E-state index contributed by atoms with van der Waals surface area (Å²) in [6, 6.07) is 7.31. The number of hydrogen-bond acceptors (Lipinski definition) is 5. The highest BCUT2D eigenvalue weighted by atomic mass is 35.5. The maximum absolute atomic E-state index is 12.9. The van der Waals surface area contributed by atoms with Gasteiger partial charge in [0.05, 0.1) is 11.9 Å². The monoisotopic (exact) mass is 445 g/mol. The van der Waals surface area contributed by atoms with Crippen molar-refractivity contribution >= 4 is 29.7 Å². The van der Waals surface area contributed by atoms with E-state index in [9.17, 15) is 9.59 Å². The maximum atomic E-state index is 12.9. The number of benzene rings is 1. The topological polar surface area (TPSA) is 82.5 Å². The summed E-state index contributed by atoms with van der Waals surface area (Å²) < 4.78 is 12.0. The molecule has 7 nitrogen and oxygen atoms in total. The van der Waals surface area contributed by atoms with Gasteiger partial charge in [-0.2, -0.15) is 0 Å². The summed E-state index contributed by atoms with van der Waals surface area (Å²) in [6.07, 6.45) is 0.704. The van der Waals surface area contributed by atoms with Gasteiger partial charge in [0.1, 0.15) is 11.2 Å². The number of aromatic nitrogens is 2. The molecule has 0 fully saturated rings. The summed E-state index contributed by atoms with van der Waals surface area (Å²) in [5, 5.41) is 2.52. The van der Waals surface area contributed by atoms with Crippen molar-refractivity contribution in [2.75, 3.05) is 11.2 Å². The molecule has 0 aliphatic carbocycles. The largest absolute Gasteiger partial charge is 0.444 e. The molecule has 8 heteroatoms. The van der Waals surface area contributed by atoms with E-state index >= 15 is 0 Å². The van der Waals surface area contributed by atoms with E-state index in [2.05, 4.69) is 22.1 Å². The van der Waals surface area contributed by atoms with Crippen LogP contribution in [0.2, 0.25) is 0 Å². The number of carbonyl (C=O) groups is 2. The molecule has 31 heavy (non-hydrogen) atoms. The lowest BCUT2D eigenvalue weighted by Crippen LogP contribution is -2.31. The molecular weight excluding hydrogens is 418 g/mol. The molecule has 166 valence electrons. The Balaban J connectivity index is 2.41. The Labute approximate surface area is 188 Å². The molecule has 0 bridgehead atoms. The number of halogens is 1. The van der Waals surface area contributed by atoms with Crippen LogP contribution >= 0.6 is 11.6 Å². The van der Waals surface area contributed by atoms with Crippen LogP contribution in [0.4, 0.5) is 15.5 Å². The second-order valence-corrected chi connectivity index (χ2v) is 9.11. The first-order valence-corrected chi connectivity index (χ1v) is 10.4. The van der Waals surface area contributed by atoms with E-state index in [4.69, 9.17) is 21.1 Å². The van der Waals surface area contributed by atoms with Crippen LogP contribution in [0.25, 0.3) is 11.3 Å². The predicted octanol–water partition coefficient (Wildman–Crippen LogP) is 5.66. The van der Waals surface area contributed by atoms with Gasteiger partial charge in [-0.1, -0.05) is 24.0 Å². The maximum Gasteiger partial charge on any atom is 0.421 e. The van der Waals surface area contributed by atoms with E-state index < -0.39 is 23.4 Å². The summed E-state index contributed by atoms with van der Waals surface area (Å²) in [7, 11) is 0. The Bertz CT molecular complexity index is 987. The van der Waals surface area contributed by atoms with Gasteiger partial charge in [0.15, 0.2) is 0 Å². The lowest BCUT2D eigenvalue weighted by atomic mass is 10.1. The smallest absolute Gasteiger partial charge is 0.421 e. The minimum Gasteiger partial charge on any atom is -0.444 e. The molecule has 1 heterocycles. The van der Waals surface area contributed by atoms with E-state index in [1.807, 2.05) is 24.3 Å². The third-order valence-electron chi connectivity index (χ3n) is 3.58. The van der Waals surface area contributed by atoms with Crippen molar-refractivity contribution in [2.45, 2.75) is 59.2 Å². The van der Waals surface area contributed by atoms with E-state index in [1.54, 1.807) is 41.5 Å². The Morgan fingerprint density at radius 3 is 2.23 bits per heavy atom. The van der Waals surface area contributed by atoms with Crippen molar-refractivity contribution in [3.63, 3.8) is 0 Å². The molecule has 0 aliphatic heterocycles. The Morgan fingerprint density at radius 2 is 1.68 bits per heavy atom. The highest BCUT2D eigenvalue weighted by molar-refractivity contribution is 6.18. The second-order valence-electron chi connectivity index (χ2n) is 8.73. The number of hydrogen-bond donors (Lipinski definition) is 1. The molecule has 0 spiro atoms. The summed E-state index contributed by atoms with van der Waals surface area (Å²) in [5.41, 5.74) is 0.559. The highest BCUT2D eigenvalue weighted by Crippen LogP contribution is 2.25. The molecule has 0 unspecified atom stereocenters. The number of nitrogens with zero attached hydrogens (tertiary/aromatic N) is 2. The molecule has 2 aromatic rings. The van der Waals surface area contributed by atoms with E-state index in [0.29, 0.717) is 23.6 Å². The zero-order chi connectivity index (χ0) is 23.2. The average Bonchev–Trinajstić information content (AvgIpc) is 3.03. The number of nitrogens with one attached hydrogen (secondary N) is 1. The quantitative estimate of drug-likeness (QED) is 0.486. The first-order chi connectivity index (χ1) is 14.4. The van der Waals surface area contributed by atoms with Gasteiger partial charge >= 0.3 is 12.2 Å². The van der Waals surface area contributed by atoms with Crippen LogP contribution in [-0.2, 0) is 9.47 Å². The third-order valence-corrected chi connectivity index (χ3v) is 3.77. The van der Waals surface area contributed by atoms with Crippen molar-refractivity contribution < 1.29 is 19.1 Å². The van der Waals surface area contributed by atoms with Crippen molar-refractivity contribution in [1.82, 2.24) is 9.55 Å². The number of rotatable bonds is 3. The number of carbonyl (C=O) groups excluding carboxylic acids is 2. The lowest BCUT2D eigenvalue weighted by molar-refractivity contribution is 0.0542. The zero-order valence-electron chi connectivity index (χ0n) is 18.7. The number of ether oxygens (including phenoxy) is 2. The van der Waals surface area contributed by atoms with E-state index in [-0.39, 0.29) is 5.95 Å². The minimum absolute atomic E-state index is 0.00415. The standard InChI is InChI=1S/C23H28ClN3O4/c1-22(2,3)30-20(28)26-19-25-15-18(27(19)21(29)31-23(4,5)6)17-12-10-16(11-13-17)9-7-8-14-24/h10-13,15H,8,14H2,1-6H3,(H,25,26,28). The van der Waals surface area contributed by atoms with Crippen LogP contribution in [0.5, 0.6) is 0 Å². The molecular formula is C23H28ClN3O4. The van der Waals surface area contributed by atoms with Gasteiger partial charge in [0.2, 0.25) is 5.95 Å². The van der Waals surface area contributed by atoms with Gasteiger partial charge in [0, 0.05) is 23.4 Å². The molecule has 0 aliphatic rings. The molecule has 2 rings (SSSR count). The number of alkyl halides is 1. The van der Waals surface area contributed by atoms with Crippen LogP contribution < -0.4 is 5.32 Å². The van der Waals surface area contributed by atoms with Gasteiger partial charge in [-0.3, -0.25) is 5.32 Å². The first kappa shape index (κ1) is 24.3. The SMILES string of the molecule is CC(C)(C)OC(=O)Nc1ncc(-c2ccc(C#CCCCl)cc2)n1C(=O)OC(C)(C)C. The van der Waals surface area contributed by atoms with E-state index in [1.165, 1.54) is 10.8 Å². The Kier molecular flexibility index (Phi) is 7.75. The normalized spacial score (nSPS) is 11.3. The summed E-state index contributed by atoms with van der Waals surface area (Å²) in [4.78, 5) is 29.4. The molecule has 1 amide bonds. The third kappa shape index (κ3) is 7.65. The molecule has 1 aromatic heterocycles. The summed E-state index contributed by atoms with van der Waals surface area (Å²) >= 11 is 5.64. The minimum atomic E-state index is -0.732. The van der Waals surface area contributed by atoms with Crippen molar-refractivity contribution in [3.8, 4) is 23.1 Å². The molecule has 0 atom stereocenters. The molecule has 0 saturated carbocycles. The fourth-order valence-electron chi connectivity index (χ4n) is 2.47. The average molecular weight is 446 g/mol. The van der Waals surface area contributed by atoms with Gasteiger partial charge in [0.25, 0.3) is 0 Å². The van der Waals surface area contributed by atoms with Crippen molar-refractivity contribution in [2.24, 2.45) is 0 Å². The fourth-order valence-corrected chi connectivity index (χ4v) is 2.56. The molecule has 1 aromatic carbocycles. The van der Waals surface area contributed by atoms with Gasteiger partial charge in [-0.25, -0.2) is 19.1 Å². The summed E-state index contributed by atoms with van der Waals surface area (Å²) in [5.74, 6) is 6.48. The highest BCUT2D eigenvalue weighted by Gasteiger charge is 2.26. The van der Waals surface area contributed by atoms with Gasteiger partial charge in [-0.05, 0) is 53.7 Å². The van der Waals surface area contributed by atoms with Crippen molar-refractivity contribution in [3.05, 3.63) is 36.0 Å². The zero-order valence-corrected chi connectivity index (χ0v) is 19.5. The molecule has 0 radical (unpaired) electrons. The predicted molar refractivity (Wildman–Crippen MR) is 121 cm³/mol. The Hall–Kier alpha value is -2.98. The molecule has 1 N–H and O–H groups in total. The first-order valence-electron chi connectivity index (χ1n) is 9.86. The second kappa shape index (κ2) is 9.88. The van der Waals surface area contributed by atoms with Crippen LogP contribution in [0, 0.1) is 11.8 Å². The van der Waals surface area contributed by atoms with Crippen LogP contribution in [-0.4, -0.2) is 38.8 Å². The van der Waals surface area contributed by atoms with E-state index in [0.717, 1.165) is 5.56 Å².